The fourth-order valence-corrected chi connectivity index (χ4v) is 5.75. The number of fused-ring (bicyclic) bond motifs is 1. The number of Topliss-reactive ketones (excluding diaryl/α,β-unsaturated/α-hetero) is 1. The second-order valence-corrected chi connectivity index (χ2v) is 11.0. The van der Waals surface area contributed by atoms with E-state index >= 15 is 0 Å². The third-order valence-corrected chi connectivity index (χ3v) is 8.20. The molecule has 9 heteroatoms. The molecule has 43 heavy (non-hydrogen) atoms. The number of amides is 1. The molecule has 1 aliphatic heterocycles. The van der Waals surface area contributed by atoms with Gasteiger partial charge in [-0.15, -0.1) is 0 Å². The van der Waals surface area contributed by atoms with E-state index in [1.807, 2.05) is 61.7 Å². The zero-order valence-corrected chi connectivity index (χ0v) is 26.5. The molecule has 4 rings (SSSR count). The Morgan fingerprint density at radius 3 is 2.44 bits per heavy atom. The highest BCUT2D eigenvalue weighted by Crippen LogP contribution is 2.42. The summed E-state index contributed by atoms with van der Waals surface area (Å²) in [5, 5.41) is 11.8. The van der Waals surface area contributed by atoms with Crippen LogP contribution in [-0.4, -0.2) is 75.4 Å². The van der Waals surface area contributed by atoms with Crippen LogP contribution < -0.4 is 9.47 Å². The number of aliphatic hydroxyl groups is 1. The van der Waals surface area contributed by atoms with Gasteiger partial charge in [0.15, 0.2) is 17.3 Å². The van der Waals surface area contributed by atoms with Crippen LogP contribution in [0.5, 0.6) is 11.5 Å². The molecule has 9 nitrogen and oxygen atoms in total. The monoisotopic (exact) mass is 590 g/mol. The molecule has 2 aromatic heterocycles. The lowest BCUT2D eigenvalue weighted by molar-refractivity contribution is -0.140. The number of carbonyl (C=O) groups excluding carboxylic acids is 2. The number of hydrogen-bond acceptors (Lipinski definition) is 7. The molecule has 1 atom stereocenters. The molecule has 0 radical (unpaired) electrons. The number of aryl methyl sites for hydroxylation is 2. The summed E-state index contributed by atoms with van der Waals surface area (Å²) in [5.74, 6) is -0.442. The molecule has 1 N–H and O–H groups in total. The summed E-state index contributed by atoms with van der Waals surface area (Å²) >= 11 is 0. The minimum absolute atomic E-state index is 0.0380. The van der Waals surface area contributed by atoms with Crippen LogP contribution in [-0.2, 0) is 9.59 Å². The lowest BCUT2D eigenvalue weighted by atomic mass is 9.96. The number of pyridine rings is 1. The number of ketones is 1. The van der Waals surface area contributed by atoms with Gasteiger partial charge in [0.05, 0.1) is 30.5 Å². The minimum atomic E-state index is -0.796. The number of unbranched alkanes of at least 4 members (excludes halogenated alkanes) is 2. The van der Waals surface area contributed by atoms with E-state index in [-0.39, 0.29) is 11.3 Å². The number of ether oxygens (including phenoxy) is 2. The van der Waals surface area contributed by atoms with Crippen molar-refractivity contribution in [2.24, 2.45) is 0 Å². The zero-order chi connectivity index (χ0) is 31.1. The van der Waals surface area contributed by atoms with Gasteiger partial charge in [0.1, 0.15) is 11.3 Å². The molecule has 1 unspecified atom stereocenters. The molecule has 0 bridgehead atoms. The van der Waals surface area contributed by atoms with Gasteiger partial charge in [-0.3, -0.25) is 9.59 Å². The molecule has 0 aliphatic carbocycles. The van der Waals surface area contributed by atoms with Gasteiger partial charge in [-0.1, -0.05) is 45.7 Å². The van der Waals surface area contributed by atoms with Gasteiger partial charge in [-0.2, -0.15) is 0 Å². The van der Waals surface area contributed by atoms with E-state index in [0.29, 0.717) is 60.3 Å². The number of carbonyl (C=O) groups is 2. The molecule has 1 aliphatic rings. The van der Waals surface area contributed by atoms with Crippen LogP contribution in [0.4, 0.5) is 0 Å². The molecular weight excluding hydrogens is 544 g/mol. The second-order valence-electron chi connectivity index (χ2n) is 11.0. The standard InChI is InChI=1S/C34H46N4O5/c1-7-11-12-21-43-26-17-16-25(22-27(26)42-10-4)30-28(32(40)34(41)38(30)20-14-18-36(8-2)9-3)31(39)29-24(6)37-19-13-15-23(5)33(37)35-29/h13,15-17,19,22,30,39H,7-12,14,18,20-21H2,1-6H3/b31-28+. The largest absolute Gasteiger partial charge is 0.505 e. The van der Waals surface area contributed by atoms with Gasteiger partial charge in [-0.25, -0.2) is 4.98 Å². The second kappa shape index (κ2) is 14.6. The number of hydrogen-bond donors (Lipinski definition) is 1. The number of aliphatic hydroxyl groups excluding tert-OH is 1. The number of aromatic nitrogens is 2. The molecule has 0 saturated carbocycles. The third-order valence-electron chi connectivity index (χ3n) is 8.20. The van der Waals surface area contributed by atoms with Crippen molar-refractivity contribution in [3.8, 4) is 11.5 Å². The Morgan fingerprint density at radius 1 is 1.00 bits per heavy atom. The van der Waals surface area contributed by atoms with Crippen LogP contribution in [0.1, 0.15) is 81.9 Å². The summed E-state index contributed by atoms with van der Waals surface area (Å²) in [6.45, 7) is 16.0. The van der Waals surface area contributed by atoms with Crippen LogP contribution in [0.15, 0.2) is 42.1 Å². The summed E-state index contributed by atoms with van der Waals surface area (Å²) in [6, 6.07) is 8.59. The maximum Gasteiger partial charge on any atom is 0.295 e. The van der Waals surface area contributed by atoms with Gasteiger partial charge in [0.25, 0.3) is 11.7 Å². The molecule has 1 aromatic carbocycles. The van der Waals surface area contributed by atoms with Crippen molar-refractivity contribution in [3.63, 3.8) is 0 Å². The molecule has 1 amide bonds. The molecular formula is C34H46N4O5. The quantitative estimate of drug-likeness (QED) is 0.0993. The van der Waals surface area contributed by atoms with E-state index in [1.54, 1.807) is 4.90 Å². The Balaban J connectivity index is 1.81. The number of likely N-dealkylation sites (tertiary alicyclic amines) is 1. The Morgan fingerprint density at radius 2 is 1.77 bits per heavy atom. The highest BCUT2D eigenvalue weighted by molar-refractivity contribution is 6.46. The predicted molar refractivity (Wildman–Crippen MR) is 169 cm³/mol. The van der Waals surface area contributed by atoms with Crippen molar-refractivity contribution in [2.45, 2.75) is 73.3 Å². The average molecular weight is 591 g/mol. The Hall–Kier alpha value is -3.85. The van der Waals surface area contributed by atoms with Gasteiger partial charge >= 0.3 is 0 Å². The van der Waals surface area contributed by atoms with Crippen molar-refractivity contribution in [2.75, 3.05) is 39.4 Å². The zero-order valence-electron chi connectivity index (χ0n) is 26.5. The van der Waals surface area contributed by atoms with Gasteiger partial charge < -0.3 is 28.8 Å². The topological polar surface area (TPSA) is 96.6 Å². The van der Waals surface area contributed by atoms with Gasteiger partial charge in [-0.05, 0) is 82.6 Å². The minimum Gasteiger partial charge on any atom is -0.505 e. The van der Waals surface area contributed by atoms with Crippen LogP contribution in [0.3, 0.4) is 0 Å². The van der Waals surface area contributed by atoms with E-state index < -0.39 is 17.7 Å². The Kier molecular flexibility index (Phi) is 10.9. The van der Waals surface area contributed by atoms with E-state index in [1.165, 1.54) is 0 Å². The van der Waals surface area contributed by atoms with E-state index in [2.05, 4.69) is 25.7 Å². The predicted octanol–water partition coefficient (Wildman–Crippen LogP) is 6.07. The van der Waals surface area contributed by atoms with Crippen LogP contribution in [0, 0.1) is 13.8 Å². The number of rotatable bonds is 15. The number of benzene rings is 1. The van der Waals surface area contributed by atoms with E-state index in [0.717, 1.165) is 44.5 Å². The average Bonchev–Trinajstić information content (AvgIpc) is 3.48. The normalized spacial score (nSPS) is 16.5. The summed E-state index contributed by atoms with van der Waals surface area (Å²) in [7, 11) is 0. The summed E-state index contributed by atoms with van der Waals surface area (Å²) in [4.78, 5) is 35.8. The lowest BCUT2D eigenvalue weighted by Gasteiger charge is -2.27. The summed E-state index contributed by atoms with van der Waals surface area (Å²) in [6.07, 6.45) is 5.67. The van der Waals surface area contributed by atoms with E-state index in [9.17, 15) is 14.7 Å². The Labute approximate surface area is 255 Å². The fraction of sp³-hybridized carbons (Fsp3) is 0.500. The van der Waals surface area contributed by atoms with Crippen molar-refractivity contribution < 1.29 is 24.2 Å². The smallest absolute Gasteiger partial charge is 0.295 e. The van der Waals surface area contributed by atoms with Crippen molar-refractivity contribution in [3.05, 3.63) is 64.6 Å². The first kappa shape index (κ1) is 32.1. The molecule has 232 valence electrons. The lowest BCUT2D eigenvalue weighted by Crippen LogP contribution is -2.33. The number of imidazole rings is 1. The highest BCUT2D eigenvalue weighted by Gasteiger charge is 2.46. The SMILES string of the molecule is CCCCCOc1ccc(C2/C(=C(\O)c3nc4c(C)cccn4c3C)C(=O)C(=O)N2CCCN(CC)CC)cc1OCC. The maximum atomic E-state index is 13.7. The highest BCUT2D eigenvalue weighted by atomic mass is 16.5. The van der Waals surface area contributed by atoms with Crippen molar-refractivity contribution >= 4 is 23.1 Å². The molecule has 1 saturated heterocycles. The first-order valence-electron chi connectivity index (χ1n) is 15.6. The Bertz CT molecular complexity index is 1470. The molecule has 1 fully saturated rings. The van der Waals surface area contributed by atoms with Crippen molar-refractivity contribution in [1.82, 2.24) is 19.2 Å². The van der Waals surface area contributed by atoms with Crippen LogP contribution in [0.25, 0.3) is 11.4 Å². The molecule has 3 heterocycles. The van der Waals surface area contributed by atoms with Crippen molar-refractivity contribution in [1.29, 1.82) is 0 Å². The van der Waals surface area contributed by atoms with Crippen LogP contribution >= 0.6 is 0 Å². The summed E-state index contributed by atoms with van der Waals surface area (Å²) in [5.41, 5.74) is 3.32. The van der Waals surface area contributed by atoms with Crippen LogP contribution in [0.2, 0.25) is 0 Å². The fourth-order valence-electron chi connectivity index (χ4n) is 5.75. The summed E-state index contributed by atoms with van der Waals surface area (Å²) < 4.78 is 13.9. The first-order valence-corrected chi connectivity index (χ1v) is 15.6. The van der Waals surface area contributed by atoms with Gasteiger partial charge in [0, 0.05) is 12.7 Å². The third kappa shape index (κ3) is 6.72. The molecule has 3 aromatic rings. The van der Waals surface area contributed by atoms with Gasteiger partial charge in [0.2, 0.25) is 0 Å². The molecule has 0 spiro atoms. The maximum absolute atomic E-state index is 13.7. The first-order chi connectivity index (χ1) is 20.8. The van der Waals surface area contributed by atoms with E-state index in [4.69, 9.17) is 14.5 Å². The number of nitrogens with zero attached hydrogens (tertiary/aromatic N) is 4.